The second kappa shape index (κ2) is 15.4. The highest BCUT2D eigenvalue weighted by Crippen LogP contribution is 2.66. The fourth-order valence-electron chi connectivity index (χ4n) is 13.7. The van der Waals surface area contributed by atoms with E-state index in [1.807, 2.05) is 36.4 Å². The van der Waals surface area contributed by atoms with Crippen molar-refractivity contribution in [1.82, 2.24) is 15.0 Å². The summed E-state index contributed by atoms with van der Waals surface area (Å²) in [5, 5.41) is 2.23. The zero-order valence-electron chi connectivity index (χ0n) is 41.2. The molecule has 15 rings (SSSR count). The minimum atomic E-state index is -0.169. The molecule has 11 aromatic rings. The molecule has 4 heterocycles. The lowest BCUT2D eigenvalue weighted by Gasteiger charge is -2.30. The van der Waals surface area contributed by atoms with Gasteiger partial charge in [-0.05, 0) is 127 Å². The summed E-state index contributed by atoms with van der Waals surface area (Å²) in [5.41, 5.74) is 20.1. The van der Waals surface area contributed by atoms with Crippen LogP contribution in [0.15, 0.2) is 217 Å². The molecule has 0 bridgehead atoms. The van der Waals surface area contributed by atoms with Crippen molar-refractivity contribution in [3.05, 3.63) is 246 Å². The summed E-state index contributed by atoms with van der Waals surface area (Å²) in [4.78, 5) is 20.7. The molecule has 4 aliphatic rings. The van der Waals surface area contributed by atoms with Crippen molar-refractivity contribution in [2.75, 3.05) is 9.80 Å². The van der Waals surface area contributed by atoms with Crippen LogP contribution < -0.4 is 9.80 Å². The number of fused-ring (bicyclic) bond motifs is 13. The number of anilines is 4. The smallest absolute Gasteiger partial charge is 0.234 e. The molecule has 2 aromatic heterocycles. The van der Waals surface area contributed by atoms with Crippen LogP contribution in [0, 0.1) is 0 Å². The van der Waals surface area contributed by atoms with E-state index in [0.29, 0.717) is 23.5 Å². The quantitative estimate of drug-likeness (QED) is 0.166. The van der Waals surface area contributed by atoms with Crippen LogP contribution in [0.4, 0.5) is 23.0 Å². The lowest BCUT2D eigenvalue weighted by atomic mass is 9.74. The third-order valence-corrected chi connectivity index (χ3v) is 17.0. The monoisotopic (exact) mass is 941 g/mol. The molecule has 0 radical (unpaired) electrons. The largest absolute Gasteiger partial charge is 0.456 e. The number of hydrogen-bond acceptors (Lipinski definition) is 6. The lowest BCUT2D eigenvalue weighted by Crippen LogP contribution is -2.26. The van der Waals surface area contributed by atoms with E-state index in [1.165, 1.54) is 61.4 Å². The van der Waals surface area contributed by atoms with E-state index in [9.17, 15) is 0 Å². The molecule has 0 spiro atoms. The molecule has 0 fully saturated rings. The molecule has 4 atom stereocenters. The van der Waals surface area contributed by atoms with Crippen LogP contribution in [0.2, 0.25) is 0 Å². The van der Waals surface area contributed by atoms with Crippen LogP contribution in [0.3, 0.4) is 0 Å². The molecule has 2 aliphatic heterocycles. The summed E-state index contributed by atoms with van der Waals surface area (Å²) in [5.74, 6) is 2.41. The van der Waals surface area contributed by atoms with Gasteiger partial charge in [-0.25, -0.2) is 4.98 Å². The van der Waals surface area contributed by atoms with Gasteiger partial charge in [-0.15, -0.1) is 0 Å². The Hall–Kier alpha value is -8.61. The molecule has 0 N–H and O–H groups in total. The highest BCUT2D eigenvalue weighted by atomic mass is 16.3. The van der Waals surface area contributed by atoms with E-state index in [4.69, 9.17) is 19.4 Å². The van der Waals surface area contributed by atoms with Gasteiger partial charge in [0.1, 0.15) is 11.2 Å². The summed E-state index contributed by atoms with van der Waals surface area (Å²) in [6, 6.07) is 77.3. The summed E-state index contributed by atoms with van der Waals surface area (Å²) in [6.45, 7) is 9.68. The zero-order chi connectivity index (χ0) is 48.7. The Morgan fingerprint density at radius 1 is 0.370 bits per heavy atom. The maximum atomic E-state index is 6.60. The third-order valence-electron chi connectivity index (χ3n) is 17.0. The van der Waals surface area contributed by atoms with Gasteiger partial charge in [0.2, 0.25) is 5.95 Å². The van der Waals surface area contributed by atoms with Gasteiger partial charge in [0.15, 0.2) is 11.6 Å². The maximum absolute atomic E-state index is 6.60. The number of furan rings is 1. The molecule has 6 heteroatoms. The average molecular weight is 942 g/mol. The van der Waals surface area contributed by atoms with Crippen LogP contribution in [0.5, 0.6) is 0 Å². The SMILES string of the molecule is CC1(C)c2ccccc2C2C1c1cc(-c3ccc4oc5ccc(-c6ccc7c(c6)C6C(c8ccccc8C6(C)C)N7c6nc(-c7ccccc7)nc(-c7ccccc7)n6)cc5c4c3)ccc1N2c1ccccc1. The third kappa shape index (κ3) is 6.13. The van der Waals surface area contributed by atoms with Crippen molar-refractivity contribution in [3.63, 3.8) is 0 Å². The Morgan fingerprint density at radius 3 is 1.29 bits per heavy atom. The molecule has 6 nitrogen and oxygen atoms in total. The van der Waals surface area contributed by atoms with Gasteiger partial charge >= 0.3 is 0 Å². The van der Waals surface area contributed by atoms with E-state index in [0.717, 1.165) is 44.3 Å². The van der Waals surface area contributed by atoms with Crippen LogP contribution in [-0.2, 0) is 10.8 Å². The number of rotatable bonds is 6. The van der Waals surface area contributed by atoms with E-state index < -0.39 is 0 Å². The van der Waals surface area contributed by atoms with Crippen LogP contribution in [0.1, 0.15) is 85.0 Å². The maximum Gasteiger partial charge on any atom is 0.234 e. The first-order valence-electron chi connectivity index (χ1n) is 25.6. The molecule has 350 valence electrons. The fourth-order valence-corrected chi connectivity index (χ4v) is 13.7. The second-order valence-electron chi connectivity index (χ2n) is 21.6. The molecule has 9 aromatic carbocycles. The van der Waals surface area contributed by atoms with Crippen LogP contribution >= 0.6 is 0 Å². The van der Waals surface area contributed by atoms with Gasteiger partial charge in [-0.2, -0.15) is 9.97 Å². The van der Waals surface area contributed by atoms with Gasteiger partial charge in [0.25, 0.3) is 0 Å². The Kier molecular flexibility index (Phi) is 8.91. The molecule has 0 saturated carbocycles. The molecule has 2 aliphatic carbocycles. The Labute approximate surface area is 425 Å². The minimum absolute atomic E-state index is 0.00797. The topological polar surface area (TPSA) is 58.3 Å². The summed E-state index contributed by atoms with van der Waals surface area (Å²) < 4.78 is 6.60. The second-order valence-corrected chi connectivity index (χ2v) is 21.6. The average Bonchev–Trinajstić information content (AvgIpc) is 4.22. The molecule has 4 unspecified atom stereocenters. The lowest BCUT2D eigenvalue weighted by molar-refractivity contribution is 0.419. The van der Waals surface area contributed by atoms with E-state index >= 15 is 0 Å². The van der Waals surface area contributed by atoms with Gasteiger partial charge in [0, 0.05) is 50.8 Å². The predicted molar refractivity (Wildman–Crippen MR) is 296 cm³/mol. The van der Waals surface area contributed by atoms with Crippen molar-refractivity contribution < 1.29 is 4.42 Å². The first-order chi connectivity index (χ1) is 35.7. The molecular weight excluding hydrogens is 891 g/mol. The van der Waals surface area contributed by atoms with Crippen molar-refractivity contribution in [1.29, 1.82) is 0 Å². The van der Waals surface area contributed by atoms with Gasteiger partial charge < -0.3 is 14.2 Å². The molecule has 0 saturated heterocycles. The Morgan fingerprint density at radius 2 is 0.781 bits per heavy atom. The Bertz CT molecular complexity index is 3970. The number of para-hydroxylation sites is 1. The standard InChI is InChI=1S/C67H51N5O/c1-66(2)53-26-16-14-24-47(53)61-59(66)51-38-42(28-32-55(51)71(61)46-22-12-7-13-23-46)44-30-34-57-49(36-44)50-37-45(31-35-58(50)73-57)43-29-33-56-52(39-43)60-62(48-25-15-17-27-54(48)67(60,3)4)72(56)65-69-63(40-18-8-5-9-19-40)68-64(70-65)41-20-10-6-11-21-41/h5-39,59-62H,1-4H3. The Balaban J connectivity index is 0.842. The van der Waals surface area contributed by atoms with Crippen molar-refractivity contribution in [2.45, 2.75) is 62.4 Å². The van der Waals surface area contributed by atoms with Crippen LogP contribution in [0.25, 0.3) is 67.0 Å². The summed E-state index contributed by atoms with van der Waals surface area (Å²) >= 11 is 0. The fraction of sp³-hybridized carbons (Fsp3) is 0.149. The molecular formula is C67H51N5O. The number of nitrogens with zero attached hydrogens (tertiary/aromatic N) is 5. The number of aromatic nitrogens is 3. The van der Waals surface area contributed by atoms with E-state index in [2.05, 4.69) is 213 Å². The molecule has 0 amide bonds. The van der Waals surface area contributed by atoms with E-state index in [-0.39, 0.29) is 28.8 Å². The summed E-state index contributed by atoms with van der Waals surface area (Å²) in [7, 11) is 0. The number of hydrogen-bond donors (Lipinski definition) is 0. The van der Waals surface area contributed by atoms with Crippen LogP contribution in [-0.4, -0.2) is 15.0 Å². The first kappa shape index (κ1) is 42.1. The van der Waals surface area contributed by atoms with Crippen molar-refractivity contribution in [2.24, 2.45) is 0 Å². The highest BCUT2D eigenvalue weighted by molar-refractivity contribution is 6.08. The predicted octanol–water partition coefficient (Wildman–Crippen LogP) is 17.0. The number of benzene rings is 9. The van der Waals surface area contributed by atoms with Gasteiger partial charge in [0.05, 0.1) is 12.1 Å². The first-order valence-corrected chi connectivity index (χ1v) is 25.6. The molecule has 73 heavy (non-hydrogen) atoms. The van der Waals surface area contributed by atoms with Crippen molar-refractivity contribution in [3.8, 4) is 45.0 Å². The van der Waals surface area contributed by atoms with Gasteiger partial charge in [-0.1, -0.05) is 179 Å². The van der Waals surface area contributed by atoms with Gasteiger partial charge in [-0.3, -0.25) is 0 Å². The van der Waals surface area contributed by atoms with Crippen molar-refractivity contribution >= 4 is 44.9 Å². The summed E-state index contributed by atoms with van der Waals surface area (Å²) in [6.07, 6.45) is 0. The van der Waals surface area contributed by atoms with E-state index in [1.54, 1.807) is 0 Å². The minimum Gasteiger partial charge on any atom is -0.456 e. The normalized spacial score (nSPS) is 19.4. The highest BCUT2D eigenvalue weighted by Gasteiger charge is 2.56. The zero-order valence-corrected chi connectivity index (χ0v) is 41.2.